The maximum atomic E-state index is 5.90. The van der Waals surface area contributed by atoms with Crippen molar-refractivity contribution in [3.63, 3.8) is 0 Å². The Labute approximate surface area is 131 Å². The average molecular weight is 311 g/mol. The van der Waals surface area contributed by atoms with E-state index in [0.29, 0.717) is 5.88 Å². The predicted molar refractivity (Wildman–Crippen MR) is 86.4 cm³/mol. The van der Waals surface area contributed by atoms with Crippen molar-refractivity contribution < 1.29 is 9.47 Å². The van der Waals surface area contributed by atoms with Gasteiger partial charge in [-0.25, -0.2) is 4.98 Å². The van der Waals surface area contributed by atoms with E-state index in [0.717, 1.165) is 61.4 Å². The lowest BCUT2D eigenvalue weighted by Crippen LogP contribution is -2.05. The SMILES string of the molecule is COCCCCCn1c(CCCl)nc2ccc(OC)cc21. The van der Waals surface area contributed by atoms with Crippen molar-refractivity contribution in [2.24, 2.45) is 0 Å². The zero-order valence-corrected chi connectivity index (χ0v) is 13.5. The van der Waals surface area contributed by atoms with Gasteiger partial charge in [-0.2, -0.15) is 0 Å². The van der Waals surface area contributed by atoms with Crippen LogP contribution in [0.3, 0.4) is 0 Å². The molecule has 0 unspecified atom stereocenters. The number of methoxy groups -OCH3 is 2. The summed E-state index contributed by atoms with van der Waals surface area (Å²) in [6, 6.07) is 6.01. The summed E-state index contributed by atoms with van der Waals surface area (Å²) < 4.78 is 12.7. The summed E-state index contributed by atoms with van der Waals surface area (Å²) in [6.07, 6.45) is 4.15. The third-order valence-corrected chi connectivity index (χ3v) is 3.77. The smallest absolute Gasteiger partial charge is 0.121 e. The van der Waals surface area contributed by atoms with E-state index in [4.69, 9.17) is 26.1 Å². The Kier molecular flexibility index (Phi) is 6.33. The summed E-state index contributed by atoms with van der Waals surface area (Å²) >= 11 is 5.90. The fourth-order valence-corrected chi connectivity index (χ4v) is 2.67. The predicted octanol–water partition coefficient (Wildman–Crippen LogP) is 3.64. The quantitative estimate of drug-likeness (QED) is 0.524. The number of fused-ring (bicyclic) bond motifs is 1. The van der Waals surface area contributed by atoms with Gasteiger partial charge in [0.1, 0.15) is 11.6 Å². The van der Waals surface area contributed by atoms with Gasteiger partial charge < -0.3 is 14.0 Å². The first-order valence-electron chi connectivity index (χ1n) is 7.38. The molecule has 0 radical (unpaired) electrons. The molecule has 0 saturated carbocycles. The molecular weight excluding hydrogens is 288 g/mol. The number of hydrogen-bond donors (Lipinski definition) is 0. The second-order valence-corrected chi connectivity index (χ2v) is 5.40. The highest BCUT2D eigenvalue weighted by Gasteiger charge is 2.11. The molecule has 0 bridgehead atoms. The molecule has 1 heterocycles. The number of nitrogens with zero attached hydrogens (tertiary/aromatic N) is 2. The molecule has 0 aliphatic rings. The molecule has 5 heteroatoms. The first kappa shape index (κ1) is 16.1. The van der Waals surface area contributed by atoms with Crippen molar-refractivity contribution in [1.29, 1.82) is 0 Å². The van der Waals surface area contributed by atoms with Gasteiger partial charge in [0.25, 0.3) is 0 Å². The molecule has 2 aromatic rings. The maximum Gasteiger partial charge on any atom is 0.121 e. The molecule has 0 atom stereocenters. The minimum absolute atomic E-state index is 0.587. The normalized spacial score (nSPS) is 11.2. The minimum atomic E-state index is 0.587. The Bertz CT molecular complexity index is 569. The number of aromatic nitrogens is 2. The van der Waals surface area contributed by atoms with Gasteiger partial charge in [-0.3, -0.25) is 0 Å². The van der Waals surface area contributed by atoms with Crippen molar-refractivity contribution in [2.45, 2.75) is 32.2 Å². The van der Waals surface area contributed by atoms with Crippen LogP contribution in [0.4, 0.5) is 0 Å². The van der Waals surface area contributed by atoms with E-state index < -0.39 is 0 Å². The van der Waals surface area contributed by atoms with Crippen LogP contribution in [0.5, 0.6) is 5.75 Å². The molecule has 0 amide bonds. The number of rotatable bonds is 9. The van der Waals surface area contributed by atoms with E-state index in [2.05, 4.69) is 10.6 Å². The van der Waals surface area contributed by atoms with Gasteiger partial charge in [-0.1, -0.05) is 0 Å². The second-order valence-electron chi connectivity index (χ2n) is 5.03. The van der Waals surface area contributed by atoms with Crippen molar-refractivity contribution >= 4 is 22.6 Å². The van der Waals surface area contributed by atoms with E-state index in [1.165, 1.54) is 0 Å². The molecule has 1 aromatic carbocycles. The third kappa shape index (κ3) is 4.11. The molecule has 4 nitrogen and oxygen atoms in total. The van der Waals surface area contributed by atoms with Crippen LogP contribution in [0.15, 0.2) is 18.2 Å². The number of hydrogen-bond acceptors (Lipinski definition) is 3. The summed E-state index contributed by atoms with van der Waals surface area (Å²) in [4.78, 5) is 4.69. The number of benzene rings is 1. The fourth-order valence-electron chi connectivity index (χ4n) is 2.50. The van der Waals surface area contributed by atoms with Crippen LogP contribution in [-0.4, -0.2) is 36.3 Å². The summed E-state index contributed by atoms with van der Waals surface area (Å²) in [7, 11) is 3.43. The second kappa shape index (κ2) is 8.25. The zero-order chi connectivity index (χ0) is 15.1. The largest absolute Gasteiger partial charge is 0.497 e. The number of aryl methyl sites for hydroxylation is 2. The Hall–Kier alpha value is -1.26. The molecule has 0 saturated heterocycles. The lowest BCUT2D eigenvalue weighted by Gasteiger charge is -2.09. The summed E-state index contributed by atoms with van der Waals surface area (Å²) in [5.74, 6) is 2.50. The Morgan fingerprint density at radius 2 is 2.05 bits per heavy atom. The van der Waals surface area contributed by atoms with E-state index in [1.54, 1.807) is 14.2 Å². The molecule has 0 fully saturated rings. The van der Waals surface area contributed by atoms with Crippen LogP contribution >= 0.6 is 11.6 Å². The van der Waals surface area contributed by atoms with Gasteiger partial charge in [0.15, 0.2) is 0 Å². The van der Waals surface area contributed by atoms with Gasteiger partial charge >= 0.3 is 0 Å². The highest BCUT2D eigenvalue weighted by molar-refractivity contribution is 6.17. The van der Waals surface area contributed by atoms with E-state index >= 15 is 0 Å². The standard InChI is InChI=1S/C16H23ClN2O2/c1-20-11-5-3-4-10-19-15-12-13(21-2)6-7-14(15)18-16(19)8-9-17/h6-7,12H,3-5,8-11H2,1-2H3. The van der Waals surface area contributed by atoms with Crippen LogP contribution in [-0.2, 0) is 17.7 Å². The zero-order valence-electron chi connectivity index (χ0n) is 12.8. The molecule has 2 rings (SSSR count). The number of ether oxygens (including phenoxy) is 2. The van der Waals surface area contributed by atoms with E-state index in [9.17, 15) is 0 Å². The molecule has 116 valence electrons. The first-order chi connectivity index (χ1) is 10.3. The summed E-state index contributed by atoms with van der Waals surface area (Å²) in [6.45, 7) is 1.78. The highest BCUT2D eigenvalue weighted by atomic mass is 35.5. The highest BCUT2D eigenvalue weighted by Crippen LogP contribution is 2.23. The van der Waals surface area contributed by atoms with Crippen LogP contribution in [0.1, 0.15) is 25.1 Å². The third-order valence-electron chi connectivity index (χ3n) is 3.58. The number of imidazole rings is 1. The van der Waals surface area contributed by atoms with E-state index in [-0.39, 0.29) is 0 Å². The summed E-state index contributed by atoms with van der Waals surface area (Å²) in [5.41, 5.74) is 2.13. The molecule has 0 aliphatic heterocycles. The molecule has 21 heavy (non-hydrogen) atoms. The van der Waals surface area contributed by atoms with Gasteiger partial charge in [-0.05, 0) is 31.4 Å². The van der Waals surface area contributed by atoms with Crippen LogP contribution in [0, 0.1) is 0 Å². The monoisotopic (exact) mass is 310 g/mol. The summed E-state index contributed by atoms with van der Waals surface area (Å²) in [5, 5.41) is 0. The van der Waals surface area contributed by atoms with Crippen LogP contribution in [0.25, 0.3) is 11.0 Å². The Balaban J connectivity index is 2.18. The molecular formula is C16H23ClN2O2. The lowest BCUT2D eigenvalue weighted by atomic mass is 10.2. The van der Waals surface area contributed by atoms with Crippen molar-refractivity contribution in [3.8, 4) is 5.75 Å². The molecule has 0 spiro atoms. The number of alkyl halides is 1. The van der Waals surface area contributed by atoms with Crippen LogP contribution in [0.2, 0.25) is 0 Å². The molecule has 0 N–H and O–H groups in total. The number of halogens is 1. The molecule has 1 aromatic heterocycles. The van der Waals surface area contributed by atoms with Gasteiger partial charge in [0.05, 0.1) is 18.1 Å². The Morgan fingerprint density at radius 1 is 1.19 bits per heavy atom. The van der Waals surface area contributed by atoms with Crippen LogP contribution < -0.4 is 4.74 Å². The minimum Gasteiger partial charge on any atom is -0.497 e. The lowest BCUT2D eigenvalue weighted by molar-refractivity contribution is 0.191. The van der Waals surface area contributed by atoms with Crippen molar-refractivity contribution in [1.82, 2.24) is 9.55 Å². The van der Waals surface area contributed by atoms with Crippen molar-refractivity contribution in [2.75, 3.05) is 26.7 Å². The van der Waals surface area contributed by atoms with E-state index in [1.807, 2.05) is 12.1 Å². The van der Waals surface area contributed by atoms with Gasteiger partial charge in [-0.15, -0.1) is 11.6 Å². The maximum absolute atomic E-state index is 5.90. The van der Waals surface area contributed by atoms with Crippen molar-refractivity contribution in [3.05, 3.63) is 24.0 Å². The first-order valence-corrected chi connectivity index (χ1v) is 7.91. The fraction of sp³-hybridized carbons (Fsp3) is 0.562. The average Bonchev–Trinajstić information content (AvgIpc) is 2.84. The molecule has 0 aliphatic carbocycles. The Morgan fingerprint density at radius 3 is 2.76 bits per heavy atom. The topological polar surface area (TPSA) is 36.3 Å². The van der Waals surface area contributed by atoms with Gasteiger partial charge in [0.2, 0.25) is 0 Å². The van der Waals surface area contributed by atoms with Gasteiger partial charge in [0, 0.05) is 38.6 Å². The number of unbranched alkanes of at least 4 members (excludes halogenated alkanes) is 2.